The van der Waals surface area contributed by atoms with E-state index in [1.807, 2.05) is 53.6 Å². The predicted octanol–water partition coefficient (Wildman–Crippen LogP) is 5.35. The van der Waals surface area contributed by atoms with E-state index in [4.69, 9.17) is 4.74 Å². The first-order valence-corrected chi connectivity index (χ1v) is 9.63. The highest BCUT2D eigenvalue weighted by Gasteiger charge is 2.22. The minimum atomic E-state index is 0.0355. The van der Waals surface area contributed by atoms with Crippen LogP contribution in [0.2, 0.25) is 0 Å². The highest BCUT2D eigenvalue weighted by Crippen LogP contribution is 2.30. The molecule has 0 fully saturated rings. The van der Waals surface area contributed by atoms with Crippen molar-refractivity contribution in [1.82, 2.24) is 4.90 Å². The van der Waals surface area contributed by atoms with Crippen molar-refractivity contribution in [1.29, 1.82) is 0 Å². The van der Waals surface area contributed by atoms with Gasteiger partial charge in [-0.1, -0.05) is 37.3 Å². The molecule has 0 radical (unpaired) electrons. The molecule has 3 nitrogen and oxygen atoms in total. The van der Waals surface area contributed by atoms with E-state index < -0.39 is 0 Å². The number of benzene rings is 2. The van der Waals surface area contributed by atoms with Crippen LogP contribution in [0, 0.1) is 0 Å². The maximum Gasteiger partial charge on any atom is 0.258 e. The van der Waals surface area contributed by atoms with Crippen LogP contribution < -0.4 is 4.74 Å². The minimum Gasteiger partial charge on any atom is -0.493 e. The number of carbonyl (C=O) groups excluding carboxylic acids is 1. The fraction of sp³-hybridized carbons (Fsp3) is 0.286. The lowest BCUT2D eigenvalue weighted by atomic mass is 10.0. The van der Waals surface area contributed by atoms with Crippen LogP contribution in [-0.4, -0.2) is 24.0 Å². The number of amides is 1. The van der Waals surface area contributed by atoms with E-state index in [0.29, 0.717) is 24.5 Å². The standard InChI is InChI=1S/C21H23NO2S/c1-3-12-22(14-16-11-13-25-15-16)21(23)20-18-8-6-5-7-17(18)9-10-19(20)24-4-2/h5-11,13,15H,3-4,12,14H2,1-2H3. The normalized spacial score (nSPS) is 10.8. The molecule has 3 aromatic rings. The van der Waals surface area contributed by atoms with Gasteiger partial charge in [0.2, 0.25) is 0 Å². The monoisotopic (exact) mass is 353 g/mol. The van der Waals surface area contributed by atoms with E-state index in [1.54, 1.807) is 11.3 Å². The van der Waals surface area contributed by atoms with E-state index in [2.05, 4.69) is 18.4 Å². The van der Waals surface area contributed by atoms with Gasteiger partial charge in [-0.3, -0.25) is 4.79 Å². The molecule has 1 amide bonds. The van der Waals surface area contributed by atoms with Crippen molar-refractivity contribution < 1.29 is 9.53 Å². The Hall–Kier alpha value is -2.33. The van der Waals surface area contributed by atoms with Gasteiger partial charge in [0.15, 0.2) is 0 Å². The number of thiophene rings is 1. The van der Waals surface area contributed by atoms with Crippen molar-refractivity contribution in [2.24, 2.45) is 0 Å². The molecule has 0 N–H and O–H groups in total. The molecule has 25 heavy (non-hydrogen) atoms. The molecule has 3 rings (SSSR count). The SMILES string of the molecule is CCCN(Cc1ccsc1)C(=O)c1c(OCC)ccc2ccccc12. The van der Waals surface area contributed by atoms with Crippen LogP contribution in [0.3, 0.4) is 0 Å². The van der Waals surface area contributed by atoms with Gasteiger partial charge >= 0.3 is 0 Å². The molecule has 130 valence electrons. The number of hydrogen-bond donors (Lipinski definition) is 0. The van der Waals surface area contributed by atoms with Gasteiger partial charge in [-0.15, -0.1) is 0 Å². The summed E-state index contributed by atoms with van der Waals surface area (Å²) in [5, 5.41) is 6.15. The number of ether oxygens (including phenoxy) is 1. The Morgan fingerprint density at radius 2 is 1.96 bits per heavy atom. The summed E-state index contributed by atoms with van der Waals surface area (Å²) in [6, 6.07) is 14.0. The summed E-state index contributed by atoms with van der Waals surface area (Å²) in [4.78, 5) is 15.3. The van der Waals surface area contributed by atoms with Gasteiger partial charge in [0.25, 0.3) is 5.91 Å². The molecule has 0 saturated heterocycles. The molecule has 1 heterocycles. The van der Waals surface area contributed by atoms with Gasteiger partial charge in [-0.05, 0) is 52.6 Å². The quantitative estimate of drug-likeness (QED) is 0.573. The topological polar surface area (TPSA) is 29.5 Å². The Labute approximate surface area is 152 Å². The van der Waals surface area contributed by atoms with Crippen LogP contribution in [-0.2, 0) is 6.54 Å². The summed E-state index contributed by atoms with van der Waals surface area (Å²) >= 11 is 1.66. The lowest BCUT2D eigenvalue weighted by molar-refractivity contribution is 0.0741. The molecule has 0 spiro atoms. The van der Waals surface area contributed by atoms with Crippen LogP contribution in [0.15, 0.2) is 53.2 Å². The first kappa shape index (κ1) is 17.5. The first-order chi connectivity index (χ1) is 12.2. The van der Waals surface area contributed by atoms with Crippen LogP contribution in [0.25, 0.3) is 10.8 Å². The molecule has 0 atom stereocenters. The summed E-state index contributed by atoms with van der Waals surface area (Å²) in [5.41, 5.74) is 1.84. The van der Waals surface area contributed by atoms with Gasteiger partial charge in [0.1, 0.15) is 5.75 Å². The molecular formula is C21H23NO2S. The summed E-state index contributed by atoms with van der Waals surface area (Å²) in [6.45, 7) is 5.93. The molecule has 4 heteroatoms. The number of rotatable bonds is 7. The molecule has 0 aliphatic carbocycles. The summed E-state index contributed by atoms with van der Waals surface area (Å²) in [7, 11) is 0. The average Bonchev–Trinajstić information content (AvgIpc) is 3.14. The van der Waals surface area contributed by atoms with Crippen molar-refractivity contribution in [3.8, 4) is 5.75 Å². The summed E-state index contributed by atoms with van der Waals surface area (Å²) < 4.78 is 5.78. The zero-order valence-electron chi connectivity index (χ0n) is 14.7. The van der Waals surface area contributed by atoms with Crippen LogP contribution >= 0.6 is 11.3 Å². The van der Waals surface area contributed by atoms with E-state index in [0.717, 1.165) is 23.7 Å². The number of fused-ring (bicyclic) bond motifs is 1. The fourth-order valence-electron chi connectivity index (χ4n) is 3.03. The van der Waals surface area contributed by atoms with Crippen LogP contribution in [0.5, 0.6) is 5.75 Å². The molecular weight excluding hydrogens is 330 g/mol. The second-order valence-corrected chi connectivity index (χ2v) is 6.73. The number of carbonyl (C=O) groups is 1. The molecule has 0 bridgehead atoms. The highest BCUT2D eigenvalue weighted by molar-refractivity contribution is 7.07. The van der Waals surface area contributed by atoms with E-state index in [9.17, 15) is 4.79 Å². The Kier molecular flexibility index (Phi) is 5.71. The fourth-order valence-corrected chi connectivity index (χ4v) is 3.69. The number of nitrogens with zero attached hydrogens (tertiary/aromatic N) is 1. The Morgan fingerprint density at radius 1 is 1.12 bits per heavy atom. The molecule has 2 aromatic carbocycles. The Bertz CT molecular complexity index is 842. The van der Waals surface area contributed by atoms with Gasteiger partial charge in [0, 0.05) is 13.1 Å². The maximum atomic E-state index is 13.4. The molecule has 0 aliphatic heterocycles. The first-order valence-electron chi connectivity index (χ1n) is 8.69. The van der Waals surface area contributed by atoms with E-state index >= 15 is 0 Å². The van der Waals surface area contributed by atoms with Crippen LogP contribution in [0.1, 0.15) is 36.2 Å². The number of hydrogen-bond acceptors (Lipinski definition) is 3. The second kappa shape index (κ2) is 8.17. The maximum absolute atomic E-state index is 13.4. The Balaban J connectivity index is 2.04. The van der Waals surface area contributed by atoms with Crippen molar-refractivity contribution in [3.63, 3.8) is 0 Å². The second-order valence-electron chi connectivity index (χ2n) is 5.95. The van der Waals surface area contributed by atoms with E-state index in [-0.39, 0.29) is 5.91 Å². The van der Waals surface area contributed by atoms with Crippen molar-refractivity contribution in [2.45, 2.75) is 26.8 Å². The average molecular weight is 353 g/mol. The van der Waals surface area contributed by atoms with Crippen molar-refractivity contribution >= 4 is 28.0 Å². The minimum absolute atomic E-state index is 0.0355. The molecule has 0 unspecified atom stereocenters. The highest BCUT2D eigenvalue weighted by atomic mass is 32.1. The van der Waals surface area contributed by atoms with Crippen LogP contribution in [0.4, 0.5) is 0 Å². The summed E-state index contributed by atoms with van der Waals surface area (Å²) in [6.07, 6.45) is 0.921. The summed E-state index contributed by atoms with van der Waals surface area (Å²) in [5.74, 6) is 0.700. The smallest absolute Gasteiger partial charge is 0.258 e. The zero-order valence-corrected chi connectivity index (χ0v) is 15.5. The lowest BCUT2D eigenvalue weighted by Crippen LogP contribution is -2.31. The van der Waals surface area contributed by atoms with Gasteiger partial charge in [0.05, 0.1) is 12.2 Å². The third kappa shape index (κ3) is 3.85. The predicted molar refractivity (Wildman–Crippen MR) is 104 cm³/mol. The zero-order chi connectivity index (χ0) is 17.6. The van der Waals surface area contributed by atoms with Gasteiger partial charge in [-0.25, -0.2) is 0 Å². The molecule has 0 saturated carbocycles. The molecule has 1 aromatic heterocycles. The third-order valence-corrected chi connectivity index (χ3v) is 4.87. The molecule has 0 aliphatic rings. The van der Waals surface area contributed by atoms with Crippen molar-refractivity contribution in [3.05, 3.63) is 64.4 Å². The lowest BCUT2D eigenvalue weighted by Gasteiger charge is -2.24. The van der Waals surface area contributed by atoms with E-state index in [1.165, 1.54) is 5.56 Å². The van der Waals surface area contributed by atoms with Gasteiger partial charge < -0.3 is 9.64 Å². The largest absolute Gasteiger partial charge is 0.493 e. The Morgan fingerprint density at radius 3 is 2.68 bits per heavy atom. The third-order valence-electron chi connectivity index (χ3n) is 4.14. The van der Waals surface area contributed by atoms with Gasteiger partial charge in [-0.2, -0.15) is 11.3 Å². The van der Waals surface area contributed by atoms with Crippen molar-refractivity contribution in [2.75, 3.05) is 13.2 Å².